The summed E-state index contributed by atoms with van der Waals surface area (Å²) in [6, 6.07) is 2.95. The highest BCUT2D eigenvalue weighted by molar-refractivity contribution is 5.77. The first-order valence-electron chi connectivity index (χ1n) is 5.23. The Morgan fingerprint density at radius 3 is 2.84 bits per heavy atom. The second-order valence-corrected chi connectivity index (χ2v) is 3.66. The minimum Gasteiger partial charge on any atom is -0.434 e. The molecule has 1 aromatic carbocycles. The van der Waals surface area contributed by atoms with Gasteiger partial charge in [0.1, 0.15) is 11.3 Å². The van der Waals surface area contributed by atoms with E-state index in [9.17, 15) is 8.78 Å². The van der Waals surface area contributed by atoms with Gasteiger partial charge in [-0.15, -0.1) is 0 Å². The zero-order chi connectivity index (χ0) is 13.4. The molecule has 8 heteroatoms. The summed E-state index contributed by atoms with van der Waals surface area (Å²) >= 11 is 0. The van der Waals surface area contributed by atoms with Crippen molar-refractivity contribution in [1.82, 2.24) is 19.9 Å². The minimum absolute atomic E-state index is 0.0190. The summed E-state index contributed by atoms with van der Waals surface area (Å²) < 4.78 is 31.6. The van der Waals surface area contributed by atoms with Crippen molar-refractivity contribution in [1.29, 1.82) is 0 Å². The van der Waals surface area contributed by atoms with Crippen LogP contribution in [-0.2, 0) is 0 Å². The molecule has 0 fully saturated rings. The lowest BCUT2D eigenvalue weighted by Crippen LogP contribution is -1.99. The fourth-order valence-corrected chi connectivity index (χ4v) is 1.56. The molecular weight excluding hydrogens is 256 g/mol. The fourth-order valence-electron chi connectivity index (χ4n) is 1.56. The lowest BCUT2D eigenvalue weighted by atomic mass is 10.3. The van der Waals surface area contributed by atoms with Crippen LogP contribution >= 0.6 is 0 Å². The van der Waals surface area contributed by atoms with E-state index in [0.717, 1.165) is 12.1 Å². The molecule has 2 heterocycles. The van der Waals surface area contributed by atoms with Gasteiger partial charge in [0.2, 0.25) is 5.95 Å². The van der Waals surface area contributed by atoms with E-state index in [-0.39, 0.29) is 17.6 Å². The quantitative estimate of drug-likeness (QED) is 0.738. The first-order chi connectivity index (χ1) is 9.13. The topological polar surface area (TPSA) is 89.7 Å². The van der Waals surface area contributed by atoms with Gasteiger partial charge in [-0.05, 0) is 12.1 Å². The molecule has 3 aromatic rings. The number of H-pyrrole nitrogens is 1. The summed E-state index contributed by atoms with van der Waals surface area (Å²) in [4.78, 5) is 14.4. The molecule has 0 unspecified atom stereocenters. The van der Waals surface area contributed by atoms with Crippen molar-refractivity contribution in [3.05, 3.63) is 36.2 Å². The number of nitrogens with zero attached hydrogens (tertiary/aromatic N) is 3. The molecule has 0 bridgehead atoms. The second-order valence-electron chi connectivity index (χ2n) is 3.66. The summed E-state index contributed by atoms with van der Waals surface area (Å²) in [6.07, 6.45) is 1.38. The number of halogens is 2. The van der Waals surface area contributed by atoms with Crippen LogP contribution in [0, 0.1) is 11.6 Å². The number of hydrogen-bond acceptors (Lipinski definition) is 5. The third kappa shape index (κ3) is 2.03. The first-order valence-corrected chi connectivity index (χ1v) is 5.23. The smallest absolute Gasteiger partial charge is 0.250 e. The molecule has 0 saturated carbocycles. The molecule has 0 aliphatic heterocycles. The number of nitrogen functional groups attached to an aromatic ring is 1. The van der Waals surface area contributed by atoms with Crippen molar-refractivity contribution in [2.24, 2.45) is 0 Å². The van der Waals surface area contributed by atoms with Crippen LogP contribution in [0.1, 0.15) is 0 Å². The number of nitrogens with one attached hydrogen (secondary N) is 1. The first kappa shape index (κ1) is 11.3. The van der Waals surface area contributed by atoms with E-state index < -0.39 is 11.6 Å². The summed E-state index contributed by atoms with van der Waals surface area (Å²) in [5, 5.41) is 0. The molecule has 0 radical (unpaired) electrons. The number of fused-ring (bicyclic) bond motifs is 1. The van der Waals surface area contributed by atoms with Gasteiger partial charge in [-0.25, -0.2) is 13.8 Å². The van der Waals surface area contributed by atoms with Crippen LogP contribution in [0.5, 0.6) is 11.6 Å². The van der Waals surface area contributed by atoms with Crippen LogP contribution in [0.25, 0.3) is 11.2 Å². The molecule has 0 saturated heterocycles. The van der Waals surface area contributed by atoms with Gasteiger partial charge in [0.05, 0.1) is 6.33 Å². The van der Waals surface area contributed by atoms with Gasteiger partial charge in [0.15, 0.2) is 17.2 Å². The average Bonchev–Trinajstić information content (AvgIpc) is 2.80. The summed E-state index contributed by atoms with van der Waals surface area (Å²) in [5.41, 5.74) is 6.16. The number of imidazole rings is 1. The van der Waals surface area contributed by atoms with E-state index in [1.165, 1.54) is 6.33 Å². The van der Waals surface area contributed by atoms with Gasteiger partial charge < -0.3 is 15.5 Å². The molecule has 0 spiro atoms. The summed E-state index contributed by atoms with van der Waals surface area (Å²) in [6.45, 7) is 0. The number of anilines is 1. The molecule has 19 heavy (non-hydrogen) atoms. The number of aromatic amines is 1. The highest BCUT2D eigenvalue weighted by atomic mass is 19.1. The van der Waals surface area contributed by atoms with Gasteiger partial charge >= 0.3 is 0 Å². The molecule has 3 N–H and O–H groups in total. The number of benzene rings is 1. The Hall–Kier alpha value is -2.77. The third-order valence-corrected chi connectivity index (χ3v) is 2.37. The molecule has 0 aliphatic carbocycles. The van der Waals surface area contributed by atoms with E-state index >= 15 is 0 Å². The average molecular weight is 263 g/mol. The van der Waals surface area contributed by atoms with Gasteiger partial charge in [0.25, 0.3) is 5.88 Å². The Bertz CT molecular complexity index is 758. The van der Waals surface area contributed by atoms with Gasteiger partial charge in [-0.2, -0.15) is 9.97 Å². The van der Waals surface area contributed by atoms with Crippen LogP contribution in [0.4, 0.5) is 14.7 Å². The van der Waals surface area contributed by atoms with Crippen molar-refractivity contribution in [3.8, 4) is 11.6 Å². The highest BCUT2D eigenvalue weighted by Gasteiger charge is 2.13. The van der Waals surface area contributed by atoms with Crippen LogP contribution in [0.2, 0.25) is 0 Å². The lowest BCUT2D eigenvalue weighted by molar-refractivity contribution is 0.427. The maximum Gasteiger partial charge on any atom is 0.250 e. The Balaban J connectivity index is 2.07. The fraction of sp³-hybridized carbons (Fsp3) is 0. The number of rotatable bonds is 2. The van der Waals surface area contributed by atoms with Gasteiger partial charge in [-0.3, -0.25) is 0 Å². The van der Waals surface area contributed by atoms with Crippen LogP contribution < -0.4 is 10.5 Å². The molecule has 3 rings (SSSR count). The molecule has 0 amide bonds. The van der Waals surface area contributed by atoms with E-state index in [2.05, 4.69) is 19.9 Å². The molecule has 2 aromatic heterocycles. The van der Waals surface area contributed by atoms with Gasteiger partial charge in [-0.1, -0.05) is 0 Å². The Morgan fingerprint density at radius 2 is 2.05 bits per heavy atom. The van der Waals surface area contributed by atoms with E-state index in [4.69, 9.17) is 10.5 Å². The predicted molar refractivity (Wildman–Crippen MR) is 62.5 cm³/mol. The normalized spacial score (nSPS) is 10.8. The van der Waals surface area contributed by atoms with E-state index in [1.807, 2.05) is 0 Å². The van der Waals surface area contributed by atoms with E-state index in [1.54, 1.807) is 0 Å². The molecule has 6 nitrogen and oxygen atoms in total. The molecule has 96 valence electrons. The molecule has 0 atom stereocenters. The largest absolute Gasteiger partial charge is 0.434 e. The number of ether oxygens (including phenoxy) is 1. The van der Waals surface area contributed by atoms with E-state index in [0.29, 0.717) is 17.2 Å². The van der Waals surface area contributed by atoms with Crippen molar-refractivity contribution >= 4 is 17.1 Å². The highest BCUT2D eigenvalue weighted by Crippen LogP contribution is 2.27. The zero-order valence-corrected chi connectivity index (χ0v) is 9.39. The number of nitrogens with two attached hydrogens (primary N) is 1. The van der Waals surface area contributed by atoms with Crippen molar-refractivity contribution in [2.75, 3.05) is 5.73 Å². The Morgan fingerprint density at radius 1 is 1.21 bits per heavy atom. The SMILES string of the molecule is Nc1nc(Oc2ccc(F)cc2F)c2[nH]cnc2n1. The van der Waals surface area contributed by atoms with Crippen molar-refractivity contribution in [2.45, 2.75) is 0 Å². The third-order valence-electron chi connectivity index (χ3n) is 2.37. The maximum atomic E-state index is 13.5. The lowest BCUT2D eigenvalue weighted by Gasteiger charge is -2.06. The minimum atomic E-state index is -0.843. The number of hydrogen-bond donors (Lipinski definition) is 2. The maximum absolute atomic E-state index is 13.5. The van der Waals surface area contributed by atoms with Crippen LogP contribution in [0.15, 0.2) is 24.5 Å². The zero-order valence-electron chi connectivity index (χ0n) is 9.39. The van der Waals surface area contributed by atoms with Crippen molar-refractivity contribution < 1.29 is 13.5 Å². The number of aromatic nitrogens is 4. The monoisotopic (exact) mass is 263 g/mol. The summed E-state index contributed by atoms with van der Waals surface area (Å²) in [7, 11) is 0. The summed E-state index contributed by atoms with van der Waals surface area (Å²) in [5.74, 6) is -1.75. The Kier molecular flexibility index (Phi) is 2.48. The molecule has 0 aliphatic rings. The van der Waals surface area contributed by atoms with Crippen LogP contribution in [-0.4, -0.2) is 19.9 Å². The van der Waals surface area contributed by atoms with Crippen LogP contribution in [0.3, 0.4) is 0 Å². The molecular formula is C11H7F2N5O. The standard InChI is InChI=1S/C11H7F2N5O/c12-5-1-2-7(6(13)3-5)19-10-8-9(16-4-15-8)17-11(14)18-10/h1-4H,(H3,14,15,16,17,18). The van der Waals surface area contributed by atoms with Gasteiger partial charge in [0, 0.05) is 6.07 Å². The van der Waals surface area contributed by atoms with Crippen molar-refractivity contribution in [3.63, 3.8) is 0 Å². The Labute approximate surface area is 105 Å². The predicted octanol–water partition coefficient (Wildman–Crippen LogP) is 2.01. The second kappa shape index (κ2) is 4.16.